The van der Waals surface area contributed by atoms with E-state index < -0.39 is 5.41 Å². The van der Waals surface area contributed by atoms with Crippen LogP contribution in [-0.4, -0.2) is 37.2 Å². The number of rotatable bonds is 9. The van der Waals surface area contributed by atoms with Crippen molar-refractivity contribution in [2.75, 3.05) is 20.3 Å². The highest BCUT2D eigenvalue weighted by Gasteiger charge is 2.45. The molecular formula is C14H27N3O3. The Balaban J connectivity index is 2.64. The first-order chi connectivity index (χ1) is 9.50. The Morgan fingerprint density at radius 1 is 1.45 bits per heavy atom. The Hall–Kier alpha value is -1.30. The van der Waals surface area contributed by atoms with E-state index in [9.17, 15) is 4.79 Å². The lowest BCUT2D eigenvalue weighted by atomic mass is 9.80. The van der Waals surface area contributed by atoms with Crippen molar-refractivity contribution in [1.29, 1.82) is 0 Å². The lowest BCUT2D eigenvalue weighted by molar-refractivity contribution is -0.128. The number of methoxy groups -OCH3 is 1. The molecule has 0 bridgehead atoms. The summed E-state index contributed by atoms with van der Waals surface area (Å²) < 4.78 is 5.10. The molecule has 4 N–H and O–H groups in total. The zero-order valence-corrected chi connectivity index (χ0v) is 12.7. The zero-order chi connectivity index (χ0) is 15.2. The van der Waals surface area contributed by atoms with Gasteiger partial charge in [0.15, 0.2) is 5.84 Å². The number of hydrogen-bond donors (Lipinski definition) is 3. The third-order valence-electron chi connectivity index (χ3n) is 4.66. The van der Waals surface area contributed by atoms with Crippen LogP contribution in [0.15, 0.2) is 5.16 Å². The molecule has 0 unspecified atom stereocenters. The van der Waals surface area contributed by atoms with Crippen LogP contribution in [0.25, 0.3) is 0 Å². The van der Waals surface area contributed by atoms with Gasteiger partial charge in [0.2, 0.25) is 5.91 Å². The maximum absolute atomic E-state index is 12.5. The molecule has 0 atom stereocenters. The number of amidine groups is 1. The molecule has 0 aromatic heterocycles. The van der Waals surface area contributed by atoms with Gasteiger partial charge in [0.25, 0.3) is 0 Å². The number of carbonyl (C=O) groups excluding carboxylic acids is 1. The number of nitrogens with two attached hydrogens (primary N) is 1. The third-order valence-corrected chi connectivity index (χ3v) is 4.66. The molecule has 1 aliphatic rings. The third kappa shape index (κ3) is 3.42. The van der Waals surface area contributed by atoms with Crippen molar-refractivity contribution in [3.63, 3.8) is 0 Å². The summed E-state index contributed by atoms with van der Waals surface area (Å²) in [4.78, 5) is 12.5. The van der Waals surface area contributed by atoms with Gasteiger partial charge in [-0.2, -0.15) is 0 Å². The van der Waals surface area contributed by atoms with Crippen LogP contribution in [0.4, 0.5) is 0 Å². The van der Waals surface area contributed by atoms with Gasteiger partial charge in [-0.1, -0.05) is 19.0 Å². The van der Waals surface area contributed by atoms with Gasteiger partial charge in [0.05, 0.1) is 0 Å². The number of oxime groups is 1. The fourth-order valence-corrected chi connectivity index (χ4v) is 2.59. The van der Waals surface area contributed by atoms with Gasteiger partial charge in [-0.05, 0) is 37.5 Å². The summed E-state index contributed by atoms with van der Waals surface area (Å²) in [5.74, 6) is -0.164. The maximum Gasteiger partial charge on any atom is 0.233 e. The minimum absolute atomic E-state index is 0.0123. The van der Waals surface area contributed by atoms with E-state index in [0.29, 0.717) is 26.0 Å². The number of amides is 1. The molecule has 0 aromatic carbocycles. The van der Waals surface area contributed by atoms with Crippen molar-refractivity contribution in [1.82, 2.24) is 5.32 Å². The van der Waals surface area contributed by atoms with E-state index in [1.807, 2.05) is 13.8 Å². The van der Waals surface area contributed by atoms with Gasteiger partial charge in [0.1, 0.15) is 5.41 Å². The zero-order valence-electron chi connectivity index (χ0n) is 12.7. The fraction of sp³-hybridized carbons (Fsp3) is 0.857. The molecule has 20 heavy (non-hydrogen) atoms. The smallest absolute Gasteiger partial charge is 0.233 e. The largest absolute Gasteiger partial charge is 0.409 e. The monoisotopic (exact) mass is 285 g/mol. The van der Waals surface area contributed by atoms with E-state index in [2.05, 4.69) is 10.5 Å². The lowest BCUT2D eigenvalue weighted by Crippen LogP contribution is -2.50. The molecule has 116 valence electrons. The van der Waals surface area contributed by atoms with Crippen LogP contribution in [0.1, 0.15) is 46.0 Å². The highest BCUT2D eigenvalue weighted by Crippen LogP contribution is 2.48. The molecule has 0 aliphatic heterocycles. The second kappa shape index (κ2) is 6.92. The van der Waals surface area contributed by atoms with Crippen molar-refractivity contribution >= 4 is 11.7 Å². The van der Waals surface area contributed by atoms with E-state index >= 15 is 0 Å². The first-order valence-corrected chi connectivity index (χ1v) is 7.25. The predicted octanol–water partition coefficient (Wildman–Crippen LogP) is 1.47. The number of carbonyl (C=O) groups is 1. The molecule has 0 aromatic rings. The SMILES string of the molecule is CCC(CC)(C(=O)NCC1(CCOC)CC1)C(N)=NO. The van der Waals surface area contributed by atoms with Crippen LogP contribution >= 0.6 is 0 Å². The normalized spacial score (nSPS) is 17.9. The van der Waals surface area contributed by atoms with E-state index in [1.54, 1.807) is 7.11 Å². The van der Waals surface area contributed by atoms with E-state index in [4.69, 9.17) is 15.7 Å². The van der Waals surface area contributed by atoms with Crippen LogP contribution < -0.4 is 11.1 Å². The fourth-order valence-electron chi connectivity index (χ4n) is 2.59. The summed E-state index contributed by atoms with van der Waals surface area (Å²) in [5.41, 5.74) is 5.00. The molecule has 1 amide bonds. The van der Waals surface area contributed by atoms with Crippen LogP contribution in [0.2, 0.25) is 0 Å². The summed E-state index contributed by atoms with van der Waals surface area (Å²) in [5, 5.41) is 14.9. The van der Waals surface area contributed by atoms with Crippen molar-refractivity contribution in [3.05, 3.63) is 0 Å². The van der Waals surface area contributed by atoms with Gasteiger partial charge in [-0.25, -0.2) is 0 Å². The number of hydrogen-bond acceptors (Lipinski definition) is 4. The lowest BCUT2D eigenvalue weighted by Gasteiger charge is -2.29. The standard InChI is InChI=1S/C14H27N3O3/c1-4-14(5-2,11(15)17-19)12(18)16-10-13(6-7-13)8-9-20-3/h19H,4-10H2,1-3H3,(H2,15,17)(H,16,18). The Morgan fingerprint density at radius 3 is 2.45 bits per heavy atom. The van der Waals surface area contributed by atoms with E-state index in [0.717, 1.165) is 19.3 Å². The van der Waals surface area contributed by atoms with Crippen LogP contribution in [0, 0.1) is 10.8 Å². The molecule has 1 aliphatic carbocycles. The van der Waals surface area contributed by atoms with Crippen molar-refractivity contribution in [3.8, 4) is 0 Å². The van der Waals surface area contributed by atoms with Crippen molar-refractivity contribution in [2.45, 2.75) is 46.0 Å². The second-order valence-corrected chi connectivity index (χ2v) is 5.70. The van der Waals surface area contributed by atoms with Gasteiger partial charge in [-0.3, -0.25) is 4.79 Å². The molecule has 1 saturated carbocycles. The van der Waals surface area contributed by atoms with Crippen molar-refractivity contribution < 1.29 is 14.7 Å². The Morgan fingerprint density at radius 2 is 2.05 bits per heavy atom. The molecule has 0 saturated heterocycles. The van der Waals surface area contributed by atoms with Gasteiger partial charge >= 0.3 is 0 Å². The minimum atomic E-state index is -0.911. The number of nitrogens with zero attached hydrogens (tertiary/aromatic N) is 1. The van der Waals surface area contributed by atoms with Crippen LogP contribution in [-0.2, 0) is 9.53 Å². The number of nitrogens with one attached hydrogen (secondary N) is 1. The Kier molecular flexibility index (Phi) is 5.80. The van der Waals surface area contributed by atoms with Crippen molar-refractivity contribution in [2.24, 2.45) is 21.7 Å². The summed E-state index contributed by atoms with van der Waals surface area (Å²) >= 11 is 0. The first-order valence-electron chi connectivity index (χ1n) is 7.25. The quantitative estimate of drug-likeness (QED) is 0.259. The van der Waals surface area contributed by atoms with Gasteiger partial charge < -0.3 is 21.0 Å². The van der Waals surface area contributed by atoms with Gasteiger partial charge in [-0.15, -0.1) is 0 Å². The minimum Gasteiger partial charge on any atom is -0.409 e. The predicted molar refractivity (Wildman–Crippen MR) is 77.6 cm³/mol. The van der Waals surface area contributed by atoms with E-state index in [-0.39, 0.29) is 17.2 Å². The highest BCUT2D eigenvalue weighted by molar-refractivity contribution is 6.06. The topological polar surface area (TPSA) is 96.9 Å². The van der Waals surface area contributed by atoms with E-state index in [1.165, 1.54) is 0 Å². The molecule has 1 rings (SSSR count). The average molecular weight is 285 g/mol. The highest BCUT2D eigenvalue weighted by atomic mass is 16.5. The molecule has 6 nitrogen and oxygen atoms in total. The Bertz CT molecular complexity index is 361. The molecular weight excluding hydrogens is 258 g/mol. The molecule has 0 spiro atoms. The van der Waals surface area contributed by atoms with Crippen LogP contribution in [0.5, 0.6) is 0 Å². The maximum atomic E-state index is 12.5. The van der Waals surface area contributed by atoms with Crippen LogP contribution in [0.3, 0.4) is 0 Å². The Labute approximate surface area is 120 Å². The molecule has 0 heterocycles. The molecule has 1 fully saturated rings. The molecule has 6 heteroatoms. The summed E-state index contributed by atoms with van der Waals surface area (Å²) in [6.45, 7) is 5.09. The molecule has 0 radical (unpaired) electrons. The number of ether oxygens (including phenoxy) is 1. The average Bonchev–Trinajstić information content (AvgIpc) is 3.25. The van der Waals surface area contributed by atoms with Gasteiger partial charge in [0, 0.05) is 20.3 Å². The second-order valence-electron chi connectivity index (χ2n) is 5.70. The summed E-state index contributed by atoms with van der Waals surface area (Å²) in [6.07, 6.45) is 4.21. The summed E-state index contributed by atoms with van der Waals surface area (Å²) in [6, 6.07) is 0. The first kappa shape index (κ1) is 16.8. The summed E-state index contributed by atoms with van der Waals surface area (Å²) in [7, 11) is 1.69.